The summed E-state index contributed by atoms with van der Waals surface area (Å²) in [5.74, 6) is -0.697. The molecule has 2 atom stereocenters. The Labute approximate surface area is 180 Å². The zero-order valence-corrected chi connectivity index (χ0v) is 18.5. The zero-order valence-electron chi connectivity index (χ0n) is 18.5. The number of ether oxygens (including phenoxy) is 3. The van der Waals surface area contributed by atoms with Crippen LogP contribution in [0.15, 0.2) is 56.8 Å². The number of carbonyl (C=O) groups is 2. The van der Waals surface area contributed by atoms with Gasteiger partial charge in [-0.15, -0.1) is 0 Å². The van der Waals surface area contributed by atoms with Crippen molar-refractivity contribution in [3.05, 3.63) is 63.5 Å². The molecule has 31 heavy (non-hydrogen) atoms. The highest BCUT2D eigenvalue weighted by molar-refractivity contribution is 5.88. The molecule has 1 aliphatic heterocycles. The van der Waals surface area contributed by atoms with E-state index in [1.54, 1.807) is 65.8 Å². The topological polar surface area (TPSA) is 92.0 Å². The maximum absolute atomic E-state index is 12.6. The van der Waals surface area contributed by atoms with Crippen molar-refractivity contribution in [3.8, 4) is 5.75 Å². The molecule has 1 aromatic heterocycles. The van der Waals surface area contributed by atoms with Gasteiger partial charge in [-0.1, -0.05) is 11.6 Å². The van der Waals surface area contributed by atoms with Gasteiger partial charge in [0.05, 0.1) is 0 Å². The Kier molecular flexibility index (Phi) is 6.06. The number of esters is 2. The van der Waals surface area contributed by atoms with E-state index in [1.165, 1.54) is 12.1 Å². The minimum atomic E-state index is -1.03. The number of allylic oxidation sites excluding steroid dienone is 2. The minimum absolute atomic E-state index is 0.344. The lowest BCUT2D eigenvalue weighted by Gasteiger charge is -2.43. The predicted molar refractivity (Wildman–Crippen MR) is 115 cm³/mol. The predicted octanol–water partition coefficient (Wildman–Crippen LogP) is 4.39. The van der Waals surface area contributed by atoms with Gasteiger partial charge in [0, 0.05) is 34.7 Å². The van der Waals surface area contributed by atoms with E-state index in [4.69, 9.17) is 18.6 Å². The second-order valence-corrected chi connectivity index (χ2v) is 8.26. The minimum Gasteiger partial charge on any atom is -0.483 e. The molecule has 0 bridgehead atoms. The third kappa shape index (κ3) is 4.71. The Balaban J connectivity index is 2.15. The van der Waals surface area contributed by atoms with E-state index in [0.717, 1.165) is 5.57 Å². The molecule has 2 aromatic rings. The average Bonchev–Trinajstić information content (AvgIpc) is 2.67. The highest BCUT2D eigenvalue weighted by Gasteiger charge is 2.49. The SMILES string of the molecule is C/C=C(/C)C(=O)OC1c2cc3ccc(=O)oc3cc2OC(C)(C)C1OC(=O)C=C(C)C. The molecule has 2 unspecified atom stereocenters. The lowest BCUT2D eigenvalue weighted by molar-refractivity contribution is -0.185. The number of benzene rings is 1. The van der Waals surface area contributed by atoms with E-state index in [9.17, 15) is 14.4 Å². The Hall–Kier alpha value is -3.35. The number of hydrogen-bond donors (Lipinski definition) is 0. The van der Waals surface area contributed by atoms with Gasteiger partial charge in [-0.3, -0.25) is 0 Å². The monoisotopic (exact) mass is 426 g/mol. The molecule has 3 rings (SSSR count). The van der Waals surface area contributed by atoms with Gasteiger partial charge in [-0.2, -0.15) is 0 Å². The third-order valence-corrected chi connectivity index (χ3v) is 5.03. The van der Waals surface area contributed by atoms with Crippen molar-refractivity contribution in [1.82, 2.24) is 0 Å². The van der Waals surface area contributed by atoms with Gasteiger partial charge < -0.3 is 18.6 Å². The van der Waals surface area contributed by atoms with Crippen LogP contribution in [0, 0.1) is 0 Å². The first-order valence-corrected chi connectivity index (χ1v) is 9.98. The maximum Gasteiger partial charge on any atom is 0.336 e. The maximum atomic E-state index is 12.6. The van der Waals surface area contributed by atoms with Gasteiger partial charge in [0.1, 0.15) is 16.9 Å². The van der Waals surface area contributed by atoms with Crippen molar-refractivity contribution >= 4 is 22.9 Å². The van der Waals surface area contributed by atoms with Crippen molar-refractivity contribution in [1.29, 1.82) is 0 Å². The molecule has 164 valence electrons. The van der Waals surface area contributed by atoms with E-state index < -0.39 is 35.4 Å². The number of rotatable bonds is 4. The Morgan fingerprint density at radius 3 is 2.45 bits per heavy atom. The van der Waals surface area contributed by atoms with E-state index in [2.05, 4.69) is 0 Å². The largest absolute Gasteiger partial charge is 0.483 e. The normalized spacial score (nSPS) is 19.7. The first-order valence-electron chi connectivity index (χ1n) is 9.98. The molecule has 7 nitrogen and oxygen atoms in total. The Bertz CT molecular complexity index is 1150. The molecule has 0 saturated heterocycles. The molecular formula is C24H26O7. The van der Waals surface area contributed by atoms with E-state index in [0.29, 0.717) is 27.9 Å². The molecule has 0 N–H and O–H groups in total. The van der Waals surface area contributed by atoms with Crippen molar-refractivity contribution in [2.45, 2.75) is 59.4 Å². The molecular weight excluding hydrogens is 400 g/mol. The third-order valence-electron chi connectivity index (χ3n) is 5.03. The lowest BCUT2D eigenvalue weighted by atomic mass is 9.87. The van der Waals surface area contributed by atoms with Crippen LogP contribution in [0.1, 0.15) is 53.2 Å². The molecule has 0 aliphatic carbocycles. The summed E-state index contributed by atoms with van der Waals surface area (Å²) in [4.78, 5) is 36.7. The van der Waals surface area contributed by atoms with Crippen LogP contribution in [0.3, 0.4) is 0 Å². The quantitative estimate of drug-likeness (QED) is 0.407. The summed E-state index contributed by atoms with van der Waals surface area (Å²) >= 11 is 0. The van der Waals surface area contributed by atoms with Gasteiger partial charge in [0.25, 0.3) is 0 Å². The van der Waals surface area contributed by atoms with Crippen LogP contribution >= 0.6 is 0 Å². The highest BCUT2D eigenvalue weighted by Crippen LogP contribution is 2.45. The summed E-state index contributed by atoms with van der Waals surface area (Å²) in [7, 11) is 0. The average molecular weight is 426 g/mol. The fraction of sp³-hybridized carbons (Fsp3) is 0.375. The summed E-state index contributed by atoms with van der Waals surface area (Å²) in [5.41, 5.74) is 0.550. The molecule has 1 aromatic carbocycles. The second-order valence-electron chi connectivity index (χ2n) is 8.26. The number of hydrogen-bond acceptors (Lipinski definition) is 7. The van der Waals surface area contributed by atoms with Gasteiger partial charge in [-0.25, -0.2) is 14.4 Å². The van der Waals surface area contributed by atoms with Gasteiger partial charge in [0.2, 0.25) is 0 Å². The molecule has 0 radical (unpaired) electrons. The van der Waals surface area contributed by atoms with Gasteiger partial charge in [-0.05, 0) is 53.7 Å². The number of carbonyl (C=O) groups excluding carboxylic acids is 2. The van der Waals surface area contributed by atoms with Crippen LogP contribution in [-0.4, -0.2) is 23.6 Å². The molecule has 0 spiro atoms. The van der Waals surface area contributed by atoms with Crippen molar-refractivity contribution in [3.63, 3.8) is 0 Å². The van der Waals surface area contributed by atoms with Crippen molar-refractivity contribution < 1.29 is 28.2 Å². The van der Waals surface area contributed by atoms with Crippen LogP contribution in [0.4, 0.5) is 0 Å². The van der Waals surface area contributed by atoms with E-state index in [-0.39, 0.29) is 0 Å². The van der Waals surface area contributed by atoms with Gasteiger partial charge in [0.15, 0.2) is 12.2 Å². The molecule has 1 aliphatic rings. The summed E-state index contributed by atoms with van der Waals surface area (Å²) in [6.07, 6.45) is 1.18. The van der Waals surface area contributed by atoms with Crippen LogP contribution in [0.5, 0.6) is 5.75 Å². The standard InChI is InChI=1S/C24H26O7/c1-7-14(4)23(27)30-21-16-11-15-8-9-19(25)28-17(15)12-18(16)31-24(5,6)22(21)29-20(26)10-13(2)3/h7-12,21-22H,1-6H3/b14-7-. The van der Waals surface area contributed by atoms with Crippen LogP contribution in [-0.2, 0) is 19.1 Å². The van der Waals surface area contributed by atoms with Crippen molar-refractivity contribution in [2.24, 2.45) is 0 Å². The first kappa shape index (κ1) is 22.3. The molecule has 0 fully saturated rings. The van der Waals surface area contributed by atoms with E-state index >= 15 is 0 Å². The summed E-state index contributed by atoms with van der Waals surface area (Å²) in [6.45, 7) is 10.4. The molecule has 0 saturated carbocycles. The van der Waals surface area contributed by atoms with Crippen molar-refractivity contribution in [2.75, 3.05) is 0 Å². The Morgan fingerprint density at radius 2 is 1.81 bits per heavy atom. The first-order chi connectivity index (χ1) is 14.5. The van der Waals surface area contributed by atoms with Gasteiger partial charge >= 0.3 is 17.6 Å². The number of fused-ring (bicyclic) bond motifs is 2. The van der Waals surface area contributed by atoms with Crippen LogP contribution in [0.2, 0.25) is 0 Å². The molecule has 7 heteroatoms. The summed E-state index contributed by atoms with van der Waals surface area (Å²) < 4.78 is 22.9. The molecule has 0 amide bonds. The molecule has 2 heterocycles. The zero-order chi connectivity index (χ0) is 22.9. The smallest absolute Gasteiger partial charge is 0.336 e. The van der Waals surface area contributed by atoms with Crippen LogP contribution in [0.25, 0.3) is 11.0 Å². The second kappa shape index (κ2) is 8.41. The summed E-state index contributed by atoms with van der Waals surface area (Å²) in [5, 5.41) is 0.625. The van der Waals surface area contributed by atoms with Crippen LogP contribution < -0.4 is 10.4 Å². The fourth-order valence-electron chi connectivity index (χ4n) is 3.34. The highest BCUT2D eigenvalue weighted by atomic mass is 16.6. The van der Waals surface area contributed by atoms with E-state index in [1.807, 2.05) is 0 Å². The lowest BCUT2D eigenvalue weighted by Crippen LogP contribution is -2.52. The summed E-state index contributed by atoms with van der Waals surface area (Å²) in [6, 6.07) is 6.22. The fourth-order valence-corrected chi connectivity index (χ4v) is 3.34. The Morgan fingerprint density at radius 1 is 1.10 bits per heavy atom.